The van der Waals surface area contributed by atoms with Gasteiger partial charge in [0, 0.05) is 6.42 Å². The molecule has 0 radical (unpaired) electrons. The normalized spacial score (nSPS) is 11.9. The highest BCUT2D eigenvalue weighted by molar-refractivity contribution is 5.93. The molecule has 0 saturated heterocycles. The Morgan fingerprint density at radius 1 is 1.10 bits per heavy atom. The van der Waals surface area contributed by atoms with Crippen molar-refractivity contribution >= 4 is 17.4 Å². The fourth-order valence-corrected chi connectivity index (χ4v) is 2.65. The third-order valence-corrected chi connectivity index (χ3v) is 4.01. The van der Waals surface area contributed by atoms with E-state index in [1.54, 1.807) is 67.6 Å². The van der Waals surface area contributed by atoms with Gasteiger partial charge in [-0.05, 0) is 37.3 Å². The van der Waals surface area contributed by atoms with E-state index < -0.39 is 24.3 Å². The largest absolute Gasteiger partial charge is 0.461 e. The summed E-state index contributed by atoms with van der Waals surface area (Å²) >= 11 is 0. The summed E-state index contributed by atoms with van der Waals surface area (Å²) in [5, 5.41) is 7.73. The van der Waals surface area contributed by atoms with E-state index in [4.69, 9.17) is 4.74 Å². The maximum absolute atomic E-state index is 13.5. The van der Waals surface area contributed by atoms with Crippen molar-refractivity contribution < 1.29 is 22.7 Å². The number of hydrazone groups is 1. The van der Waals surface area contributed by atoms with Gasteiger partial charge >= 0.3 is 12.1 Å². The van der Waals surface area contributed by atoms with Crippen LogP contribution in [0.15, 0.2) is 71.8 Å². The number of anilines is 1. The lowest BCUT2D eigenvalue weighted by atomic mass is 10.2. The summed E-state index contributed by atoms with van der Waals surface area (Å²) in [7, 11) is 0. The van der Waals surface area contributed by atoms with Gasteiger partial charge in [0.1, 0.15) is 5.71 Å². The zero-order valence-corrected chi connectivity index (χ0v) is 16.1. The van der Waals surface area contributed by atoms with Gasteiger partial charge in [0.05, 0.1) is 23.7 Å². The molecule has 0 aliphatic heterocycles. The lowest BCUT2D eigenvalue weighted by Gasteiger charge is -2.10. The van der Waals surface area contributed by atoms with Crippen LogP contribution in [0.5, 0.6) is 0 Å². The van der Waals surface area contributed by atoms with E-state index in [0.29, 0.717) is 11.4 Å². The van der Waals surface area contributed by atoms with Crippen molar-refractivity contribution in [1.82, 2.24) is 9.78 Å². The first-order valence-electron chi connectivity index (χ1n) is 9.14. The number of alkyl halides is 3. The maximum atomic E-state index is 13.5. The molecule has 3 rings (SSSR count). The molecule has 3 aromatic rings. The summed E-state index contributed by atoms with van der Waals surface area (Å²) in [5.74, 6) is -0.673. The minimum Gasteiger partial charge on any atom is -0.461 e. The van der Waals surface area contributed by atoms with Gasteiger partial charge in [-0.25, -0.2) is 9.48 Å². The number of hydrogen-bond acceptors (Lipinski definition) is 5. The number of esters is 1. The van der Waals surface area contributed by atoms with E-state index in [-0.39, 0.29) is 18.0 Å². The van der Waals surface area contributed by atoms with Crippen LogP contribution in [0.3, 0.4) is 0 Å². The highest BCUT2D eigenvalue weighted by Crippen LogP contribution is 2.22. The Kier molecular flexibility index (Phi) is 6.51. The van der Waals surface area contributed by atoms with Gasteiger partial charge in [0.15, 0.2) is 5.69 Å². The molecule has 0 atom stereocenters. The predicted molar refractivity (Wildman–Crippen MR) is 107 cm³/mol. The Labute approximate surface area is 171 Å². The number of nitrogens with zero attached hydrogens (tertiary/aromatic N) is 3. The number of rotatable bonds is 7. The number of halogens is 3. The van der Waals surface area contributed by atoms with E-state index in [2.05, 4.69) is 15.6 Å². The van der Waals surface area contributed by atoms with Crippen molar-refractivity contribution in [2.75, 3.05) is 12.0 Å². The van der Waals surface area contributed by atoms with Gasteiger partial charge in [-0.2, -0.15) is 23.4 Å². The van der Waals surface area contributed by atoms with Crippen molar-refractivity contribution in [3.05, 3.63) is 78.1 Å². The van der Waals surface area contributed by atoms with Crippen molar-refractivity contribution in [2.24, 2.45) is 5.10 Å². The van der Waals surface area contributed by atoms with Crippen LogP contribution in [-0.2, 0) is 11.2 Å². The predicted octanol–water partition coefficient (Wildman–Crippen LogP) is 4.62. The van der Waals surface area contributed by atoms with Crippen LogP contribution in [0.25, 0.3) is 5.69 Å². The highest BCUT2D eigenvalue weighted by atomic mass is 19.4. The summed E-state index contributed by atoms with van der Waals surface area (Å²) in [6, 6.07) is 18.2. The second kappa shape index (κ2) is 9.25. The number of carbonyl (C=O) groups excluding carboxylic acids is 1. The van der Waals surface area contributed by atoms with Crippen LogP contribution < -0.4 is 5.43 Å². The standard InChI is InChI=1S/C21H19F3N4O2/c1-2-30-20(29)18-13-16(27-28(18)17-11-7-4-8-12-17)14-19(21(22,23)24)26-25-15-9-5-3-6-10-15/h3-13,25H,2,14H2,1H3/b26-19-. The van der Waals surface area contributed by atoms with Crippen LogP contribution in [-0.4, -0.2) is 34.2 Å². The lowest BCUT2D eigenvalue weighted by molar-refractivity contribution is -0.0602. The molecule has 0 aliphatic carbocycles. The van der Waals surface area contributed by atoms with Gasteiger partial charge < -0.3 is 4.74 Å². The van der Waals surface area contributed by atoms with Crippen LogP contribution in [0, 0.1) is 0 Å². The molecule has 0 fully saturated rings. The summed E-state index contributed by atoms with van der Waals surface area (Å²) in [6.45, 7) is 1.77. The number of benzene rings is 2. The number of ether oxygens (including phenoxy) is 1. The number of nitrogens with one attached hydrogen (secondary N) is 1. The molecular formula is C21H19F3N4O2. The summed E-state index contributed by atoms with van der Waals surface area (Å²) in [6.07, 6.45) is -5.29. The number of aromatic nitrogens is 2. The number of carbonyl (C=O) groups is 1. The van der Waals surface area contributed by atoms with E-state index in [1.165, 1.54) is 10.7 Å². The number of para-hydroxylation sites is 2. The monoisotopic (exact) mass is 416 g/mol. The minimum atomic E-state index is -4.68. The zero-order valence-electron chi connectivity index (χ0n) is 16.1. The minimum absolute atomic E-state index is 0.0350. The summed E-state index contributed by atoms with van der Waals surface area (Å²) in [4.78, 5) is 12.3. The highest BCUT2D eigenvalue weighted by Gasteiger charge is 2.37. The van der Waals surface area contributed by atoms with Crippen LogP contribution in [0.1, 0.15) is 23.1 Å². The van der Waals surface area contributed by atoms with E-state index in [0.717, 1.165) is 0 Å². The van der Waals surface area contributed by atoms with Gasteiger partial charge in [-0.1, -0.05) is 36.4 Å². The van der Waals surface area contributed by atoms with Crippen molar-refractivity contribution in [1.29, 1.82) is 0 Å². The van der Waals surface area contributed by atoms with Gasteiger partial charge in [-0.15, -0.1) is 0 Å². The first kappa shape index (κ1) is 21.1. The third-order valence-electron chi connectivity index (χ3n) is 4.01. The fourth-order valence-electron chi connectivity index (χ4n) is 2.65. The molecule has 0 amide bonds. The zero-order chi connectivity index (χ0) is 21.6. The Balaban J connectivity index is 1.94. The molecule has 1 heterocycles. The SMILES string of the molecule is CCOC(=O)c1cc(C/C(=N/Nc2ccccc2)C(F)(F)F)nn1-c1ccccc1. The first-order chi connectivity index (χ1) is 14.4. The maximum Gasteiger partial charge on any atom is 0.431 e. The first-order valence-corrected chi connectivity index (χ1v) is 9.14. The van der Waals surface area contributed by atoms with Gasteiger partial charge in [0.2, 0.25) is 0 Å². The molecule has 0 saturated carbocycles. The smallest absolute Gasteiger partial charge is 0.431 e. The van der Waals surface area contributed by atoms with E-state index in [1.807, 2.05) is 0 Å². The molecule has 0 bridgehead atoms. The van der Waals surface area contributed by atoms with Crippen LogP contribution in [0.2, 0.25) is 0 Å². The van der Waals surface area contributed by atoms with E-state index in [9.17, 15) is 18.0 Å². The van der Waals surface area contributed by atoms with Gasteiger partial charge in [0.25, 0.3) is 0 Å². The van der Waals surface area contributed by atoms with Crippen LogP contribution >= 0.6 is 0 Å². The summed E-state index contributed by atoms with van der Waals surface area (Å²) in [5.41, 5.74) is 2.36. The second-order valence-corrected chi connectivity index (χ2v) is 6.20. The lowest BCUT2D eigenvalue weighted by Crippen LogP contribution is -2.26. The topological polar surface area (TPSA) is 68.5 Å². The van der Waals surface area contributed by atoms with Crippen molar-refractivity contribution in [3.8, 4) is 5.69 Å². The molecule has 1 N–H and O–H groups in total. The third kappa shape index (κ3) is 5.25. The average Bonchev–Trinajstić information content (AvgIpc) is 3.16. The Morgan fingerprint density at radius 3 is 2.33 bits per heavy atom. The molecule has 9 heteroatoms. The van der Waals surface area contributed by atoms with E-state index >= 15 is 0 Å². The Bertz CT molecular complexity index is 1020. The number of hydrogen-bond donors (Lipinski definition) is 1. The van der Waals surface area contributed by atoms with Crippen LogP contribution in [0.4, 0.5) is 18.9 Å². The molecule has 0 aliphatic rings. The Hall–Kier alpha value is -3.62. The second-order valence-electron chi connectivity index (χ2n) is 6.20. The molecule has 6 nitrogen and oxygen atoms in total. The van der Waals surface area contributed by atoms with Crippen molar-refractivity contribution in [2.45, 2.75) is 19.5 Å². The molecule has 2 aromatic carbocycles. The average molecular weight is 416 g/mol. The molecule has 156 valence electrons. The molecular weight excluding hydrogens is 397 g/mol. The Morgan fingerprint density at radius 2 is 1.73 bits per heavy atom. The molecule has 0 spiro atoms. The summed E-state index contributed by atoms with van der Waals surface area (Å²) < 4.78 is 46.8. The van der Waals surface area contributed by atoms with Crippen molar-refractivity contribution in [3.63, 3.8) is 0 Å². The van der Waals surface area contributed by atoms with Gasteiger partial charge in [-0.3, -0.25) is 5.43 Å². The fraction of sp³-hybridized carbons (Fsp3) is 0.190. The molecule has 30 heavy (non-hydrogen) atoms. The molecule has 0 unspecified atom stereocenters. The quantitative estimate of drug-likeness (QED) is 0.347. The molecule has 1 aromatic heterocycles.